The molecule has 2 aromatic carbocycles. The molecule has 1 heterocycles. The number of hydrogen-bond acceptors (Lipinski definition) is 7. The first-order valence-electron chi connectivity index (χ1n) is 8.42. The van der Waals surface area contributed by atoms with Gasteiger partial charge in [0, 0.05) is 17.5 Å². The molecule has 10 heteroatoms. The smallest absolute Gasteiger partial charge is 0.265 e. The molecule has 0 amide bonds. The summed E-state index contributed by atoms with van der Waals surface area (Å²) in [6, 6.07) is 14.3. The molecule has 3 rings (SSSR count). The van der Waals surface area contributed by atoms with Crippen molar-refractivity contribution in [2.45, 2.75) is 16.8 Å². The molecule has 1 N–H and O–H groups in total. The quantitative estimate of drug-likeness (QED) is 0.635. The molecular weight excluding hydrogens is 414 g/mol. The average Bonchev–Trinajstić information content (AvgIpc) is 2.68. The summed E-state index contributed by atoms with van der Waals surface area (Å²) in [5.41, 5.74) is 2.27. The van der Waals surface area contributed by atoms with Gasteiger partial charge in [0.25, 0.3) is 10.0 Å². The fraction of sp³-hybridized carbons (Fsp3) is 0.158. The second-order valence-corrected chi connectivity index (χ2v) is 9.98. The fourth-order valence-corrected chi connectivity index (χ4v) is 4.40. The van der Waals surface area contributed by atoms with Crippen LogP contribution in [0.25, 0.3) is 11.3 Å². The van der Waals surface area contributed by atoms with Crippen LogP contribution in [0, 0.1) is 6.92 Å². The molecular formula is C19H19N3O5S2. The maximum absolute atomic E-state index is 12.7. The first-order chi connectivity index (χ1) is 13.6. The molecule has 0 aliphatic rings. The van der Waals surface area contributed by atoms with Crippen LogP contribution in [-0.2, 0) is 19.9 Å². The van der Waals surface area contributed by atoms with E-state index in [0.29, 0.717) is 16.9 Å². The summed E-state index contributed by atoms with van der Waals surface area (Å²) in [5.74, 6) is 0.251. The third kappa shape index (κ3) is 4.72. The lowest BCUT2D eigenvalue weighted by molar-refractivity contribution is 0.402. The van der Waals surface area contributed by atoms with Gasteiger partial charge in [0.05, 0.1) is 12.8 Å². The standard InChI is InChI=1S/C19H19N3O5S2/c1-13-4-10-17(27-2)18(12-13)29(25,26)22-15-7-5-14(6-8-15)16-9-11-19(21-20-16)28(3,23)24/h4-12,22H,1-3H3. The van der Waals surface area contributed by atoms with E-state index in [1.165, 1.54) is 19.2 Å². The highest BCUT2D eigenvalue weighted by Crippen LogP contribution is 2.27. The van der Waals surface area contributed by atoms with E-state index in [1.807, 2.05) is 0 Å². The lowest BCUT2D eigenvalue weighted by Gasteiger charge is -2.12. The lowest BCUT2D eigenvalue weighted by Crippen LogP contribution is -2.14. The van der Waals surface area contributed by atoms with Crippen molar-refractivity contribution in [3.8, 4) is 17.0 Å². The Hall–Kier alpha value is -2.98. The predicted octanol–water partition coefficient (Wildman–Crippen LogP) is 2.66. The van der Waals surface area contributed by atoms with E-state index < -0.39 is 19.9 Å². The molecule has 0 bridgehead atoms. The highest BCUT2D eigenvalue weighted by molar-refractivity contribution is 7.92. The minimum Gasteiger partial charge on any atom is -0.495 e. The van der Waals surface area contributed by atoms with Gasteiger partial charge in [-0.05, 0) is 48.9 Å². The van der Waals surface area contributed by atoms with Crippen molar-refractivity contribution < 1.29 is 21.6 Å². The third-order valence-corrected chi connectivity index (χ3v) is 6.44. The van der Waals surface area contributed by atoms with E-state index in [-0.39, 0.29) is 15.7 Å². The van der Waals surface area contributed by atoms with Crippen molar-refractivity contribution in [3.05, 3.63) is 60.2 Å². The van der Waals surface area contributed by atoms with Crippen LogP contribution in [0.3, 0.4) is 0 Å². The summed E-state index contributed by atoms with van der Waals surface area (Å²) >= 11 is 0. The minimum absolute atomic E-state index is 0.0475. The molecule has 1 aromatic heterocycles. The number of aryl methyl sites for hydroxylation is 1. The van der Waals surface area contributed by atoms with Crippen molar-refractivity contribution in [3.63, 3.8) is 0 Å². The maximum atomic E-state index is 12.7. The third-order valence-electron chi connectivity index (χ3n) is 4.06. The van der Waals surface area contributed by atoms with E-state index >= 15 is 0 Å². The Morgan fingerprint density at radius 3 is 2.14 bits per heavy atom. The minimum atomic E-state index is -3.85. The Labute approximate surface area is 169 Å². The van der Waals surface area contributed by atoms with Gasteiger partial charge in [-0.1, -0.05) is 18.2 Å². The van der Waals surface area contributed by atoms with Gasteiger partial charge >= 0.3 is 0 Å². The normalized spacial score (nSPS) is 11.8. The first-order valence-corrected chi connectivity index (χ1v) is 11.8. The number of anilines is 1. The van der Waals surface area contributed by atoms with Crippen LogP contribution in [-0.4, -0.2) is 40.4 Å². The fourth-order valence-electron chi connectivity index (χ4n) is 2.58. The number of methoxy groups -OCH3 is 1. The predicted molar refractivity (Wildman–Crippen MR) is 109 cm³/mol. The van der Waals surface area contributed by atoms with Crippen molar-refractivity contribution in [1.29, 1.82) is 0 Å². The molecule has 0 atom stereocenters. The van der Waals surface area contributed by atoms with Gasteiger partial charge in [0.1, 0.15) is 10.6 Å². The van der Waals surface area contributed by atoms with E-state index in [4.69, 9.17) is 4.74 Å². The molecule has 3 aromatic rings. The summed E-state index contributed by atoms with van der Waals surface area (Å²) in [6.45, 7) is 1.79. The molecule has 0 saturated carbocycles. The number of benzene rings is 2. The van der Waals surface area contributed by atoms with Gasteiger partial charge in [-0.25, -0.2) is 16.8 Å². The van der Waals surface area contributed by atoms with Crippen LogP contribution in [0.4, 0.5) is 5.69 Å². The second-order valence-electron chi connectivity index (χ2n) is 6.37. The van der Waals surface area contributed by atoms with Crippen molar-refractivity contribution >= 4 is 25.5 Å². The Bertz CT molecular complexity index is 1240. The van der Waals surface area contributed by atoms with Crippen LogP contribution in [0.1, 0.15) is 5.56 Å². The number of nitrogens with zero attached hydrogens (tertiary/aromatic N) is 2. The Kier molecular flexibility index (Phi) is 5.58. The SMILES string of the molecule is COc1ccc(C)cc1S(=O)(=O)Nc1ccc(-c2ccc(S(C)(=O)=O)nn2)cc1. The molecule has 0 aliphatic heterocycles. The van der Waals surface area contributed by atoms with Gasteiger partial charge in [0.15, 0.2) is 14.9 Å². The molecule has 0 spiro atoms. The molecule has 0 radical (unpaired) electrons. The number of sulfonamides is 1. The zero-order valence-corrected chi connectivity index (χ0v) is 17.6. The van der Waals surface area contributed by atoms with Crippen LogP contribution >= 0.6 is 0 Å². The van der Waals surface area contributed by atoms with E-state index in [1.54, 1.807) is 49.4 Å². The number of aromatic nitrogens is 2. The Morgan fingerprint density at radius 1 is 0.897 bits per heavy atom. The summed E-state index contributed by atoms with van der Waals surface area (Å²) < 4.78 is 56.1. The summed E-state index contributed by atoms with van der Waals surface area (Å²) in [6.07, 6.45) is 1.06. The van der Waals surface area contributed by atoms with Gasteiger partial charge in [-0.2, -0.15) is 0 Å². The van der Waals surface area contributed by atoms with Crippen LogP contribution < -0.4 is 9.46 Å². The molecule has 0 saturated heterocycles. The van der Waals surface area contributed by atoms with Gasteiger partial charge in [-0.3, -0.25) is 4.72 Å². The molecule has 0 fully saturated rings. The van der Waals surface area contributed by atoms with E-state index in [2.05, 4.69) is 14.9 Å². The molecule has 29 heavy (non-hydrogen) atoms. The lowest BCUT2D eigenvalue weighted by atomic mass is 10.1. The summed E-state index contributed by atoms with van der Waals surface area (Å²) in [5, 5.41) is 7.51. The van der Waals surface area contributed by atoms with Gasteiger partial charge < -0.3 is 4.74 Å². The van der Waals surface area contributed by atoms with Crippen LogP contribution in [0.2, 0.25) is 0 Å². The van der Waals surface area contributed by atoms with Crippen LogP contribution in [0.15, 0.2) is 64.5 Å². The number of hydrogen-bond donors (Lipinski definition) is 1. The number of ether oxygens (including phenoxy) is 1. The first kappa shape index (κ1) is 20.7. The number of nitrogens with one attached hydrogen (secondary N) is 1. The highest BCUT2D eigenvalue weighted by Gasteiger charge is 2.20. The zero-order chi connectivity index (χ0) is 21.2. The largest absolute Gasteiger partial charge is 0.495 e. The van der Waals surface area contributed by atoms with E-state index in [0.717, 1.165) is 11.8 Å². The van der Waals surface area contributed by atoms with Crippen molar-refractivity contribution in [2.75, 3.05) is 18.1 Å². The highest BCUT2D eigenvalue weighted by atomic mass is 32.2. The van der Waals surface area contributed by atoms with E-state index in [9.17, 15) is 16.8 Å². The van der Waals surface area contributed by atoms with Gasteiger partial charge in [0.2, 0.25) is 0 Å². The van der Waals surface area contributed by atoms with Crippen molar-refractivity contribution in [2.24, 2.45) is 0 Å². The molecule has 152 valence electrons. The number of rotatable bonds is 6. The zero-order valence-electron chi connectivity index (χ0n) is 15.9. The molecule has 0 unspecified atom stereocenters. The van der Waals surface area contributed by atoms with Crippen molar-refractivity contribution in [1.82, 2.24) is 10.2 Å². The topological polar surface area (TPSA) is 115 Å². The molecule has 8 nitrogen and oxygen atoms in total. The molecule has 0 aliphatic carbocycles. The average molecular weight is 434 g/mol. The number of sulfone groups is 1. The Morgan fingerprint density at radius 2 is 1.59 bits per heavy atom. The van der Waals surface area contributed by atoms with Crippen LogP contribution in [0.5, 0.6) is 5.75 Å². The van der Waals surface area contributed by atoms with Gasteiger partial charge in [-0.15, -0.1) is 10.2 Å². The maximum Gasteiger partial charge on any atom is 0.265 e. The Balaban J connectivity index is 1.85. The second kappa shape index (κ2) is 7.80. The summed E-state index contributed by atoms with van der Waals surface area (Å²) in [4.78, 5) is 0.0475. The monoisotopic (exact) mass is 433 g/mol. The summed E-state index contributed by atoms with van der Waals surface area (Å²) in [7, 11) is -5.86.